The molecule has 1 atom stereocenters. The van der Waals surface area contributed by atoms with E-state index < -0.39 is 0 Å². The fraction of sp³-hybridized carbons (Fsp3) is 0.667. The van der Waals surface area contributed by atoms with Crippen LogP contribution in [-0.4, -0.2) is 40.5 Å². The van der Waals surface area contributed by atoms with Gasteiger partial charge in [-0.2, -0.15) is 9.97 Å². The molecule has 0 bridgehead atoms. The van der Waals surface area contributed by atoms with Crippen LogP contribution < -0.4 is 22.3 Å². The van der Waals surface area contributed by atoms with Crippen molar-refractivity contribution in [3.63, 3.8) is 0 Å². The number of rotatable bonds is 5. The van der Waals surface area contributed by atoms with Gasteiger partial charge in [0, 0.05) is 18.7 Å². The number of piperidine rings is 1. The fourth-order valence-electron chi connectivity index (χ4n) is 2.37. The van der Waals surface area contributed by atoms with E-state index in [2.05, 4.69) is 32.5 Å². The number of hydrazine groups is 1. The van der Waals surface area contributed by atoms with Crippen molar-refractivity contribution in [1.29, 1.82) is 0 Å². The topological polar surface area (TPSA) is 105 Å². The van der Waals surface area contributed by atoms with E-state index in [1.165, 1.54) is 32.4 Å². The highest BCUT2D eigenvalue weighted by molar-refractivity contribution is 5.50. The van der Waals surface area contributed by atoms with Crippen LogP contribution in [0.1, 0.15) is 26.2 Å². The Morgan fingerprint density at radius 3 is 2.63 bits per heavy atom. The third-order valence-electron chi connectivity index (χ3n) is 3.48. The molecule has 2 rings (SSSR count). The van der Waals surface area contributed by atoms with E-state index >= 15 is 0 Å². The van der Waals surface area contributed by atoms with Gasteiger partial charge in [0.15, 0.2) is 0 Å². The Bertz CT molecular complexity index is 403. The van der Waals surface area contributed by atoms with Gasteiger partial charge in [0.1, 0.15) is 11.6 Å². The first-order chi connectivity index (χ1) is 9.19. The van der Waals surface area contributed by atoms with Gasteiger partial charge < -0.3 is 16.5 Å². The minimum atomic E-state index is 0.212. The number of nitrogen functional groups attached to an aromatic ring is 2. The Kier molecular flexibility index (Phi) is 4.75. The molecule has 0 saturated carbocycles. The number of anilines is 3. The van der Waals surface area contributed by atoms with Crippen molar-refractivity contribution in [2.24, 2.45) is 5.84 Å². The molecule has 1 fully saturated rings. The van der Waals surface area contributed by atoms with Crippen LogP contribution in [0.15, 0.2) is 6.07 Å². The first-order valence-corrected chi connectivity index (χ1v) is 6.78. The Morgan fingerprint density at radius 1 is 1.26 bits per heavy atom. The third-order valence-corrected chi connectivity index (χ3v) is 3.48. The lowest BCUT2D eigenvalue weighted by molar-refractivity contribution is 0.180. The van der Waals surface area contributed by atoms with Gasteiger partial charge >= 0.3 is 0 Å². The summed E-state index contributed by atoms with van der Waals surface area (Å²) in [5, 5.41) is 3.29. The molecule has 0 aromatic carbocycles. The predicted molar refractivity (Wildman–Crippen MR) is 77.6 cm³/mol. The maximum atomic E-state index is 5.62. The number of likely N-dealkylation sites (tertiary alicyclic amines) is 1. The molecule has 2 heterocycles. The number of hydrogen-bond donors (Lipinski definition) is 4. The molecule has 1 aromatic heterocycles. The maximum absolute atomic E-state index is 5.62. The average molecular weight is 265 g/mol. The van der Waals surface area contributed by atoms with Crippen molar-refractivity contribution in [1.82, 2.24) is 14.9 Å². The summed E-state index contributed by atoms with van der Waals surface area (Å²) in [6, 6.07) is 2.23. The number of nitrogens with two attached hydrogens (primary N) is 2. The number of nitrogens with one attached hydrogen (secondary N) is 2. The Balaban J connectivity index is 1.88. The molecule has 7 nitrogen and oxygen atoms in total. The lowest BCUT2D eigenvalue weighted by Gasteiger charge is -2.32. The van der Waals surface area contributed by atoms with Gasteiger partial charge in [-0.15, -0.1) is 0 Å². The summed E-state index contributed by atoms with van der Waals surface area (Å²) in [6.45, 7) is 5.43. The van der Waals surface area contributed by atoms with E-state index in [9.17, 15) is 0 Å². The molecule has 0 amide bonds. The molecule has 0 spiro atoms. The van der Waals surface area contributed by atoms with Gasteiger partial charge in [0.05, 0.1) is 0 Å². The molecule has 1 unspecified atom stereocenters. The minimum Gasteiger partial charge on any atom is -0.368 e. The largest absolute Gasteiger partial charge is 0.368 e. The van der Waals surface area contributed by atoms with Crippen molar-refractivity contribution in [3.8, 4) is 0 Å². The summed E-state index contributed by atoms with van der Waals surface area (Å²) < 4.78 is 0. The summed E-state index contributed by atoms with van der Waals surface area (Å²) in [4.78, 5) is 10.6. The molecule has 0 aliphatic carbocycles. The molecule has 106 valence electrons. The lowest BCUT2D eigenvalue weighted by atomic mass is 10.1. The first-order valence-electron chi connectivity index (χ1n) is 6.78. The van der Waals surface area contributed by atoms with Crippen molar-refractivity contribution >= 4 is 17.6 Å². The molecule has 1 aliphatic heterocycles. The van der Waals surface area contributed by atoms with Crippen molar-refractivity contribution in [2.45, 2.75) is 32.2 Å². The number of hydrogen-bond acceptors (Lipinski definition) is 7. The second kappa shape index (κ2) is 6.53. The van der Waals surface area contributed by atoms with Crippen LogP contribution in [0, 0.1) is 0 Å². The Morgan fingerprint density at radius 2 is 1.95 bits per heavy atom. The fourth-order valence-corrected chi connectivity index (χ4v) is 2.37. The Labute approximate surface area is 113 Å². The third kappa shape index (κ3) is 3.93. The van der Waals surface area contributed by atoms with Crippen molar-refractivity contribution < 1.29 is 0 Å². The summed E-state index contributed by atoms with van der Waals surface area (Å²) in [5.74, 6) is 6.75. The highest BCUT2D eigenvalue weighted by Gasteiger charge is 2.16. The van der Waals surface area contributed by atoms with Crippen LogP contribution in [0.25, 0.3) is 0 Å². The zero-order valence-electron chi connectivity index (χ0n) is 11.4. The van der Waals surface area contributed by atoms with Gasteiger partial charge in [-0.3, -0.25) is 4.90 Å². The second-order valence-corrected chi connectivity index (χ2v) is 4.97. The highest BCUT2D eigenvalue weighted by atomic mass is 15.3. The molecule has 19 heavy (non-hydrogen) atoms. The maximum Gasteiger partial charge on any atom is 0.223 e. The van der Waals surface area contributed by atoms with Gasteiger partial charge in [0.25, 0.3) is 0 Å². The van der Waals surface area contributed by atoms with Crippen LogP contribution in [-0.2, 0) is 0 Å². The minimum absolute atomic E-state index is 0.212. The zero-order chi connectivity index (χ0) is 13.7. The SMILES string of the molecule is CC(CNc1cc(NN)nc(N)n1)N1CCCCC1. The van der Waals surface area contributed by atoms with Gasteiger partial charge in [-0.1, -0.05) is 6.42 Å². The van der Waals surface area contributed by atoms with Crippen LogP contribution in [0.5, 0.6) is 0 Å². The normalized spacial score (nSPS) is 18.0. The number of nitrogens with zero attached hydrogens (tertiary/aromatic N) is 3. The van der Waals surface area contributed by atoms with Gasteiger partial charge in [-0.05, 0) is 32.9 Å². The van der Waals surface area contributed by atoms with E-state index in [0.29, 0.717) is 17.7 Å². The standard InChI is InChI=1S/C12H23N7/c1-9(19-5-3-2-4-6-19)8-15-10-7-11(18-14)17-12(13)16-10/h7,9H,2-6,8,14H2,1H3,(H4,13,15,16,17,18). The summed E-state index contributed by atoms with van der Waals surface area (Å²) in [7, 11) is 0. The molecular weight excluding hydrogens is 242 g/mol. The van der Waals surface area contributed by atoms with E-state index in [-0.39, 0.29) is 5.95 Å². The zero-order valence-corrected chi connectivity index (χ0v) is 11.4. The Hall–Kier alpha value is -1.60. The predicted octanol–water partition coefficient (Wildman–Crippen LogP) is 0.631. The molecule has 1 aliphatic rings. The molecule has 7 heteroatoms. The average Bonchev–Trinajstić information content (AvgIpc) is 2.45. The molecule has 1 saturated heterocycles. The highest BCUT2D eigenvalue weighted by Crippen LogP contribution is 2.14. The smallest absolute Gasteiger partial charge is 0.223 e. The van der Waals surface area contributed by atoms with Gasteiger partial charge in [0.2, 0.25) is 5.95 Å². The van der Waals surface area contributed by atoms with Crippen molar-refractivity contribution in [2.75, 3.05) is 36.1 Å². The van der Waals surface area contributed by atoms with Crippen LogP contribution in [0.4, 0.5) is 17.6 Å². The van der Waals surface area contributed by atoms with E-state index in [0.717, 1.165) is 6.54 Å². The quantitative estimate of drug-likeness (QED) is 0.457. The molecule has 0 radical (unpaired) electrons. The van der Waals surface area contributed by atoms with E-state index in [1.807, 2.05) is 0 Å². The summed E-state index contributed by atoms with van der Waals surface area (Å²) in [5.41, 5.74) is 8.09. The van der Waals surface area contributed by atoms with E-state index in [1.54, 1.807) is 6.07 Å². The molecule has 1 aromatic rings. The first kappa shape index (κ1) is 13.8. The second-order valence-electron chi connectivity index (χ2n) is 4.97. The molecular formula is C12H23N7. The van der Waals surface area contributed by atoms with E-state index in [4.69, 9.17) is 11.6 Å². The van der Waals surface area contributed by atoms with Gasteiger partial charge in [-0.25, -0.2) is 5.84 Å². The van der Waals surface area contributed by atoms with Crippen LogP contribution in [0.2, 0.25) is 0 Å². The van der Waals surface area contributed by atoms with Crippen molar-refractivity contribution in [3.05, 3.63) is 6.07 Å². The summed E-state index contributed by atoms with van der Waals surface area (Å²) >= 11 is 0. The molecule has 6 N–H and O–H groups in total. The van der Waals surface area contributed by atoms with Crippen LogP contribution >= 0.6 is 0 Å². The monoisotopic (exact) mass is 265 g/mol. The lowest BCUT2D eigenvalue weighted by Crippen LogP contribution is -2.41. The number of aromatic nitrogens is 2. The summed E-state index contributed by atoms with van der Waals surface area (Å²) in [6.07, 6.45) is 3.95. The van der Waals surface area contributed by atoms with Crippen LogP contribution in [0.3, 0.4) is 0 Å².